The van der Waals surface area contributed by atoms with Gasteiger partial charge in [0.2, 0.25) is 5.88 Å². The Morgan fingerprint density at radius 3 is 2.67 bits per heavy atom. The Morgan fingerprint density at radius 1 is 1.11 bits per heavy atom. The lowest BCUT2D eigenvalue weighted by Gasteiger charge is -2.20. The van der Waals surface area contributed by atoms with Gasteiger partial charge in [-0.3, -0.25) is 4.79 Å². The lowest BCUT2D eigenvalue weighted by molar-refractivity contribution is 0.0989. The number of hydrogen-bond donors (Lipinski definition) is 0. The SMILES string of the molecule is COc1ccccc1N(C)C(=O)c1cncnc1Oc1cc(Cl)ccc1Cl. The van der Waals surface area contributed by atoms with Gasteiger partial charge in [0.05, 0.1) is 17.8 Å². The van der Waals surface area contributed by atoms with Crippen molar-refractivity contribution in [2.75, 3.05) is 19.1 Å². The van der Waals surface area contributed by atoms with Gasteiger partial charge < -0.3 is 14.4 Å². The molecule has 0 fully saturated rings. The van der Waals surface area contributed by atoms with Gasteiger partial charge in [0.15, 0.2) is 0 Å². The smallest absolute Gasteiger partial charge is 0.265 e. The number of hydrogen-bond acceptors (Lipinski definition) is 5. The number of benzene rings is 2. The van der Waals surface area contributed by atoms with E-state index in [1.807, 2.05) is 12.1 Å². The van der Waals surface area contributed by atoms with Gasteiger partial charge in [0.25, 0.3) is 5.91 Å². The van der Waals surface area contributed by atoms with Crippen LogP contribution in [0.5, 0.6) is 17.4 Å². The Hall–Kier alpha value is -2.83. The fourth-order valence-corrected chi connectivity index (χ4v) is 2.72. The average Bonchev–Trinajstić information content (AvgIpc) is 2.70. The number of amides is 1. The molecule has 0 spiro atoms. The normalized spacial score (nSPS) is 10.4. The summed E-state index contributed by atoms with van der Waals surface area (Å²) in [5.41, 5.74) is 0.766. The fraction of sp³-hybridized carbons (Fsp3) is 0.105. The zero-order valence-electron chi connectivity index (χ0n) is 14.5. The van der Waals surface area contributed by atoms with Gasteiger partial charge in [-0.05, 0) is 24.3 Å². The molecule has 0 aliphatic carbocycles. The van der Waals surface area contributed by atoms with Crippen molar-refractivity contribution in [1.29, 1.82) is 0 Å². The van der Waals surface area contributed by atoms with Crippen LogP contribution in [-0.2, 0) is 0 Å². The minimum absolute atomic E-state index is 0.0703. The first kappa shape index (κ1) is 18.9. The van der Waals surface area contributed by atoms with Gasteiger partial charge in [0.1, 0.15) is 23.4 Å². The van der Waals surface area contributed by atoms with Crippen LogP contribution in [0, 0.1) is 0 Å². The number of aromatic nitrogens is 2. The number of rotatable bonds is 5. The third-order valence-corrected chi connectivity index (χ3v) is 4.30. The molecule has 6 nitrogen and oxygen atoms in total. The molecule has 1 amide bonds. The molecule has 0 atom stereocenters. The minimum Gasteiger partial charge on any atom is -0.495 e. The second-order valence-electron chi connectivity index (χ2n) is 5.45. The van der Waals surface area contributed by atoms with Crippen molar-refractivity contribution < 1.29 is 14.3 Å². The van der Waals surface area contributed by atoms with Crippen LogP contribution in [0.25, 0.3) is 0 Å². The van der Waals surface area contributed by atoms with Crippen LogP contribution in [-0.4, -0.2) is 30.0 Å². The van der Waals surface area contributed by atoms with Gasteiger partial charge in [-0.2, -0.15) is 0 Å². The Bertz CT molecular complexity index is 982. The molecule has 1 heterocycles. The van der Waals surface area contributed by atoms with E-state index in [-0.39, 0.29) is 23.1 Å². The molecule has 27 heavy (non-hydrogen) atoms. The highest BCUT2D eigenvalue weighted by Crippen LogP contribution is 2.33. The molecular weight excluding hydrogens is 389 g/mol. The zero-order valence-corrected chi connectivity index (χ0v) is 16.0. The molecule has 0 saturated carbocycles. The van der Waals surface area contributed by atoms with Gasteiger partial charge in [0, 0.05) is 24.3 Å². The third-order valence-electron chi connectivity index (χ3n) is 3.76. The van der Waals surface area contributed by atoms with Crippen molar-refractivity contribution >= 4 is 34.8 Å². The highest BCUT2D eigenvalue weighted by molar-refractivity contribution is 6.34. The molecule has 3 aromatic rings. The Labute approximate surface area is 166 Å². The van der Waals surface area contributed by atoms with Gasteiger partial charge in [-0.15, -0.1) is 0 Å². The Morgan fingerprint density at radius 2 is 1.89 bits per heavy atom. The maximum atomic E-state index is 13.0. The van der Waals surface area contributed by atoms with Crippen LogP contribution in [0.4, 0.5) is 5.69 Å². The lowest BCUT2D eigenvalue weighted by Crippen LogP contribution is -2.27. The van der Waals surface area contributed by atoms with Crippen molar-refractivity contribution in [3.8, 4) is 17.4 Å². The summed E-state index contributed by atoms with van der Waals surface area (Å²) in [6, 6.07) is 12.0. The highest BCUT2D eigenvalue weighted by Gasteiger charge is 2.22. The maximum Gasteiger partial charge on any atom is 0.265 e. The quantitative estimate of drug-likeness (QED) is 0.608. The van der Waals surface area contributed by atoms with Crippen molar-refractivity contribution in [3.63, 3.8) is 0 Å². The molecule has 1 aromatic heterocycles. The molecule has 0 aliphatic rings. The summed E-state index contributed by atoms with van der Waals surface area (Å²) in [5.74, 6) is 0.552. The van der Waals surface area contributed by atoms with Crippen LogP contribution in [0.2, 0.25) is 10.0 Å². The van der Waals surface area contributed by atoms with E-state index in [0.29, 0.717) is 21.5 Å². The van der Waals surface area contributed by atoms with Crippen LogP contribution in [0.15, 0.2) is 55.0 Å². The number of nitrogens with zero attached hydrogens (tertiary/aromatic N) is 3. The predicted molar refractivity (Wildman–Crippen MR) is 104 cm³/mol. The second-order valence-corrected chi connectivity index (χ2v) is 6.30. The Balaban J connectivity index is 1.95. The van der Waals surface area contributed by atoms with Gasteiger partial charge >= 0.3 is 0 Å². The largest absolute Gasteiger partial charge is 0.495 e. The van der Waals surface area contributed by atoms with E-state index in [0.717, 1.165) is 0 Å². The second kappa shape index (κ2) is 8.24. The predicted octanol–water partition coefficient (Wildman–Crippen LogP) is 4.86. The topological polar surface area (TPSA) is 64.5 Å². The van der Waals surface area contributed by atoms with E-state index in [1.54, 1.807) is 44.5 Å². The number of para-hydroxylation sites is 2. The number of halogens is 2. The molecule has 8 heteroatoms. The summed E-state index contributed by atoms with van der Waals surface area (Å²) >= 11 is 12.1. The van der Waals surface area contributed by atoms with E-state index in [9.17, 15) is 4.79 Å². The molecule has 0 radical (unpaired) electrons. The molecular formula is C19H15Cl2N3O3. The summed E-state index contributed by atoms with van der Waals surface area (Å²) in [7, 11) is 3.17. The summed E-state index contributed by atoms with van der Waals surface area (Å²) < 4.78 is 11.1. The van der Waals surface area contributed by atoms with Crippen LogP contribution in [0.1, 0.15) is 10.4 Å². The Kier molecular flexibility index (Phi) is 5.78. The number of carbonyl (C=O) groups excluding carboxylic acids is 1. The van der Waals surface area contributed by atoms with Crippen LogP contribution in [0.3, 0.4) is 0 Å². The van der Waals surface area contributed by atoms with Crippen LogP contribution >= 0.6 is 23.2 Å². The monoisotopic (exact) mass is 403 g/mol. The number of ether oxygens (including phenoxy) is 2. The lowest BCUT2D eigenvalue weighted by atomic mass is 10.2. The van der Waals surface area contributed by atoms with Gasteiger partial charge in [-0.25, -0.2) is 9.97 Å². The van der Waals surface area contributed by atoms with E-state index >= 15 is 0 Å². The molecule has 3 rings (SSSR count). The maximum absolute atomic E-state index is 13.0. The zero-order chi connectivity index (χ0) is 19.4. The third kappa shape index (κ3) is 4.13. The summed E-state index contributed by atoms with van der Waals surface area (Å²) in [4.78, 5) is 22.5. The molecule has 0 bridgehead atoms. The average molecular weight is 404 g/mol. The standard InChI is InChI=1S/C19H15Cl2N3O3/c1-24(15-5-3-4-6-16(15)26-2)19(25)13-10-22-11-23-18(13)27-17-9-12(20)7-8-14(17)21/h3-11H,1-2H3. The molecule has 0 saturated heterocycles. The molecule has 0 N–H and O–H groups in total. The van der Waals surface area contributed by atoms with Crippen molar-refractivity contribution in [1.82, 2.24) is 9.97 Å². The van der Waals surface area contributed by atoms with Crippen molar-refractivity contribution in [2.24, 2.45) is 0 Å². The first-order chi connectivity index (χ1) is 13.0. The molecule has 0 aliphatic heterocycles. The summed E-state index contributed by atoms with van der Waals surface area (Å²) in [6.45, 7) is 0. The van der Waals surface area contributed by atoms with E-state index < -0.39 is 0 Å². The molecule has 0 unspecified atom stereocenters. The van der Waals surface area contributed by atoms with E-state index in [1.165, 1.54) is 17.4 Å². The van der Waals surface area contributed by atoms with Gasteiger partial charge in [-0.1, -0.05) is 35.3 Å². The molecule has 2 aromatic carbocycles. The van der Waals surface area contributed by atoms with Crippen molar-refractivity contribution in [2.45, 2.75) is 0 Å². The van der Waals surface area contributed by atoms with Crippen LogP contribution < -0.4 is 14.4 Å². The number of anilines is 1. The minimum atomic E-state index is -0.367. The number of carbonyl (C=O) groups is 1. The van der Waals surface area contributed by atoms with Crippen molar-refractivity contribution in [3.05, 3.63) is 70.6 Å². The van der Waals surface area contributed by atoms with E-state index in [2.05, 4.69) is 9.97 Å². The summed E-state index contributed by atoms with van der Waals surface area (Å²) in [5, 5.41) is 0.789. The van der Waals surface area contributed by atoms with E-state index in [4.69, 9.17) is 32.7 Å². The highest BCUT2D eigenvalue weighted by atomic mass is 35.5. The fourth-order valence-electron chi connectivity index (χ4n) is 2.40. The molecule has 138 valence electrons. The number of methoxy groups -OCH3 is 1. The first-order valence-corrected chi connectivity index (χ1v) is 8.61. The first-order valence-electron chi connectivity index (χ1n) is 7.85. The summed E-state index contributed by atoms with van der Waals surface area (Å²) in [6.07, 6.45) is 2.67.